The average Bonchev–Trinajstić information content (AvgIpc) is 3.40. The van der Waals surface area contributed by atoms with Gasteiger partial charge in [-0.2, -0.15) is 0 Å². The quantitative estimate of drug-likeness (QED) is 0.600. The fourth-order valence-corrected chi connectivity index (χ4v) is 3.55. The standard InChI is InChI=1S/C22H34FN3O3/c1-15(2)12-18(14-28-16(3)23)24-21(27)19-8-9-20(26-10-4-5-11-26)22(25-19)29-13-17-6-7-17/h8-9,15-18H,4-7,10-14H2,1-3H3,(H,24,27)/t16?,18-/m0/s1/i3D2. The number of amides is 1. The highest BCUT2D eigenvalue weighted by Crippen LogP contribution is 2.33. The fourth-order valence-electron chi connectivity index (χ4n) is 3.55. The van der Waals surface area contributed by atoms with E-state index in [-0.39, 0.29) is 24.1 Å². The SMILES string of the molecule is [2H]C([2H])C(F)OC[C@H](CC(C)C)NC(=O)c1ccc(N2CCCC2)c(OCC2CC2)n1. The third-order valence-electron chi connectivity index (χ3n) is 5.22. The van der Waals surface area contributed by atoms with Gasteiger partial charge in [-0.3, -0.25) is 4.79 Å². The molecule has 2 heterocycles. The van der Waals surface area contributed by atoms with Gasteiger partial charge in [0, 0.05) is 15.8 Å². The van der Waals surface area contributed by atoms with Crippen molar-refractivity contribution in [2.45, 2.75) is 65.2 Å². The molecule has 1 aliphatic carbocycles. The number of hydrogen-bond donors (Lipinski definition) is 1. The Balaban J connectivity index is 1.69. The zero-order valence-corrected chi connectivity index (χ0v) is 17.4. The third kappa shape index (κ3) is 6.84. The molecule has 3 rings (SSSR count). The van der Waals surface area contributed by atoms with Crippen molar-refractivity contribution in [3.05, 3.63) is 17.8 Å². The number of carbonyl (C=O) groups excluding carboxylic acids is 1. The van der Waals surface area contributed by atoms with E-state index in [2.05, 4.69) is 15.2 Å². The Labute approximate surface area is 176 Å². The van der Waals surface area contributed by atoms with Crippen LogP contribution in [0, 0.1) is 11.8 Å². The highest BCUT2D eigenvalue weighted by molar-refractivity contribution is 5.93. The van der Waals surface area contributed by atoms with Crippen molar-refractivity contribution >= 4 is 11.6 Å². The van der Waals surface area contributed by atoms with Crippen LogP contribution in [0.5, 0.6) is 5.88 Å². The highest BCUT2D eigenvalue weighted by Gasteiger charge is 2.25. The Morgan fingerprint density at radius 2 is 2.14 bits per heavy atom. The summed E-state index contributed by atoms with van der Waals surface area (Å²) in [4.78, 5) is 19.6. The Bertz CT molecular complexity index is 728. The minimum atomic E-state index is -2.01. The van der Waals surface area contributed by atoms with Crippen LogP contribution < -0.4 is 15.0 Å². The number of anilines is 1. The van der Waals surface area contributed by atoms with E-state index >= 15 is 0 Å². The molecule has 0 aromatic carbocycles. The molecule has 1 amide bonds. The molecule has 1 aliphatic heterocycles. The van der Waals surface area contributed by atoms with Crippen molar-refractivity contribution in [2.75, 3.05) is 31.2 Å². The summed E-state index contributed by atoms with van der Waals surface area (Å²) in [5.74, 6) is 0.943. The minimum Gasteiger partial charge on any atom is -0.476 e. The zero-order chi connectivity index (χ0) is 22.4. The predicted octanol–water partition coefficient (Wildman–Crippen LogP) is 3.95. The van der Waals surface area contributed by atoms with Crippen LogP contribution in [-0.4, -0.2) is 49.6 Å². The zero-order valence-electron chi connectivity index (χ0n) is 19.4. The third-order valence-corrected chi connectivity index (χ3v) is 5.22. The van der Waals surface area contributed by atoms with E-state index in [9.17, 15) is 9.18 Å². The van der Waals surface area contributed by atoms with E-state index in [0.717, 1.165) is 31.6 Å². The first-order valence-corrected chi connectivity index (χ1v) is 10.6. The minimum absolute atomic E-state index is 0.101. The van der Waals surface area contributed by atoms with E-state index in [1.807, 2.05) is 19.9 Å². The molecule has 1 saturated carbocycles. The summed E-state index contributed by atoms with van der Waals surface area (Å²) in [6.45, 7) is 4.70. The molecular weight excluding hydrogens is 373 g/mol. The maximum Gasteiger partial charge on any atom is 0.270 e. The summed E-state index contributed by atoms with van der Waals surface area (Å²) in [5.41, 5.74) is 1.17. The smallest absolute Gasteiger partial charge is 0.270 e. The Morgan fingerprint density at radius 3 is 2.79 bits per heavy atom. The molecule has 0 spiro atoms. The molecule has 0 bridgehead atoms. The molecule has 0 radical (unpaired) electrons. The van der Waals surface area contributed by atoms with Gasteiger partial charge in [0.25, 0.3) is 5.91 Å². The molecule has 7 heteroatoms. The van der Waals surface area contributed by atoms with E-state index in [1.54, 1.807) is 6.07 Å². The van der Waals surface area contributed by atoms with Gasteiger partial charge >= 0.3 is 0 Å². The maximum absolute atomic E-state index is 13.5. The number of hydrogen-bond acceptors (Lipinski definition) is 5. The number of nitrogens with zero attached hydrogens (tertiary/aromatic N) is 2. The fraction of sp³-hybridized carbons (Fsp3) is 0.727. The molecule has 1 N–H and O–H groups in total. The summed E-state index contributed by atoms with van der Waals surface area (Å²) in [6, 6.07) is 3.15. The first kappa shape index (κ1) is 19.1. The second-order valence-corrected chi connectivity index (χ2v) is 8.45. The van der Waals surface area contributed by atoms with Crippen LogP contribution in [0.15, 0.2) is 12.1 Å². The number of halogens is 1. The van der Waals surface area contributed by atoms with Crippen LogP contribution >= 0.6 is 0 Å². The summed E-state index contributed by atoms with van der Waals surface area (Å²) in [5, 5.41) is 2.87. The molecule has 1 aromatic rings. The maximum atomic E-state index is 13.5. The number of alkyl halides is 1. The van der Waals surface area contributed by atoms with Gasteiger partial charge < -0.3 is 19.7 Å². The van der Waals surface area contributed by atoms with Gasteiger partial charge in [0.2, 0.25) is 5.88 Å². The molecule has 2 fully saturated rings. The van der Waals surface area contributed by atoms with Crippen molar-refractivity contribution in [1.82, 2.24) is 10.3 Å². The van der Waals surface area contributed by atoms with Crippen molar-refractivity contribution in [1.29, 1.82) is 0 Å². The lowest BCUT2D eigenvalue weighted by molar-refractivity contribution is -0.0349. The first-order valence-electron chi connectivity index (χ1n) is 11.8. The molecule has 2 aliphatic rings. The lowest BCUT2D eigenvalue weighted by atomic mass is 10.0. The van der Waals surface area contributed by atoms with Crippen molar-refractivity contribution in [3.63, 3.8) is 0 Å². The van der Waals surface area contributed by atoms with Crippen LogP contribution in [0.4, 0.5) is 10.1 Å². The molecule has 29 heavy (non-hydrogen) atoms. The van der Waals surface area contributed by atoms with E-state index in [4.69, 9.17) is 12.2 Å². The molecule has 162 valence electrons. The van der Waals surface area contributed by atoms with Crippen LogP contribution in [-0.2, 0) is 4.74 Å². The van der Waals surface area contributed by atoms with Crippen LogP contribution in [0.3, 0.4) is 0 Å². The lowest BCUT2D eigenvalue weighted by Gasteiger charge is -2.23. The Hall–Kier alpha value is -1.89. The molecule has 6 nitrogen and oxygen atoms in total. The van der Waals surface area contributed by atoms with Crippen molar-refractivity contribution in [3.8, 4) is 5.88 Å². The number of pyridine rings is 1. The summed E-state index contributed by atoms with van der Waals surface area (Å²) in [7, 11) is 0. The predicted molar refractivity (Wildman–Crippen MR) is 111 cm³/mol. The largest absolute Gasteiger partial charge is 0.476 e. The molecule has 1 aromatic heterocycles. The van der Waals surface area contributed by atoms with E-state index in [1.165, 1.54) is 12.8 Å². The van der Waals surface area contributed by atoms with E-state index < -0.39 is 19.3 Å². The summed E-state index contributed by atoms with van der Waals surface area (Å²) < 4.78 is 38.7. The number of aromatic nitrogens is 1. The average molecular weight is 410 g/mol. The van der Waals surface area contributed by atoms with Gasteiger partial charge in [0.15, 0.2) is 6.36 Å². The molecule has 2 atom stereocenters. The second-order valence-electron chi connectivity index (χ2n) is 8.45. The van der Waals surface area contributed by atoms with E-state index in [0.29, 0.717) is 24.8 Å². The number of nitrogens with one attached hydrogen (secondary N) is 1. The first-order chi connectivity index (χ1) is 14.8. The van der Waals surface area contributed by atoms with Gasteiger partial charge in [-0.25, -0.2) is 9.37 Å². The van der Waals surface area contributed by atoms with Crippen LogP contribution in [0.1, 0.15) is 66.1 Å². The highest BCUT2D eigenvalue weighted by atomic mass is 19.1. The van der Waals surface area contributed by atoms with Gasteiger partial charge in [-0.1, -0.05) is 13.8 Å². The Morgan fingerprint density at radius 1 is 1.38 bits per heavy atom. The summed E-state index contributed by atoms with van der Waals surface area (Å²) in [6.07, 6.45) is 3.18. The van der Waals surface area contributed by atoms with Gasteiger partial charge in [0.1, 0.15) is 5.69 Å². The van der Waals surface area contributed by atoms with Gasteiger partial charge in [0.05, 0.1) is 24.9 Å². The molecule has 1 unspecified atom stereocenters. The molecule has 1 saturated heterocycles. The number of ether oxygens (including phenoxy) is 2. The van der Waals surface area contributed by atoms with Crippen LogP contribution in [0.25, 0.3) is 0 Å². The van der Waals surface area contributed by atoms with Gasteiger partial charge in [-0.05, 0) is 62.9 Å². The molecular formula is C22H34FN3O3. The van der Waals surface area contributed by atoms with Crippen molar-refractivity contribution in [2.24, 2.45) is 11.8 Å². The Kier molecular flexibility index (Phi) is 6.74. The lowest BCUT2D eigenvalue weighted by Crippen LogP contribution is -2.40. The second kappa shape index (κ2) is 10.2. The monoisotopic (exact) mass is 409 g/mol. The van der Waals surface area contributed by atoms with Crippen molar-refractivity contribution < 1.29 is 21.4 Å². The number of carbonyl (C=O) groups is 1. The summed E-state index contributed by atoms with van der Waals surface area (Å²) >= 11 is 0. The topological polar surface area (TPSA) is 63.7 Å². The normalized spacial score (nSPS) is 19.8. The van der Waals surface area contributed by atoms with Gasteiger partial charge in [-0.15, -0.1) is 0 Å². The van der Waals surface area contributed by atoms with Crippen LogP contribution in [0.2, 0.25) is 0 Å². The number of rotatable bonds is 11.